The average Bonchev–Trinajstić information content (AvgIpc) is 2.54. The molecule has 0 spiro atoms. The fraction of sp³-hybridized carbons (Fsp3) is 0.300. The summed E-state index contributed by atoms with van der Waals surface area (Å²) in [6.45, 7) is 6.41. The van der Waals surface area contributed by atoms with Gasteiger partial charge in [0.1, 0.15) is 6.04 Å². The summed E-state index contributed by atoms with van der Waals surface area (Å²) in [6, 6.07) is 13.9. The largest absolute Gasteiger partial charge is 0.368 e. The highest BCUT2D eigenvalue weighted by molar-refractivity contribution is 6.33. The summed E-state index contributed by atoms with van der Waals surface area (Å²) in [7, 11) is 0. The van der Waals surface area contributed by atoms with Gasteiger partial charge < -0.3 is 11.1 Å². The SMILES string of the molecule is CC(C)(C)c1ccc(C[C@@H](NC(=O)c2ccccc2Cl)C(N)=O)cc1. The third-order valence-electron chi connectivity index (χ3n) is 4.03. The fourth-order valence-electron chi connectivity index (χ4n) is 2.48. The monoisotopic (exact) mass is 358 g/mol. The molecule has 0 aromatic heterocycles. The van der Waals surface area contributed by atoms with Crippen molar-refractivity contribution in [1.82, 2.24) is 5.32 Å². The summed E-state index contributed by atoms with van der Waals surface area (Å²) in [4.78, 5) is 24.1. The maximum absolute atomic E-state index is 12.4. The Bertz CT molecular complexity index is 764. The molecule has 4 nitrogen and oxygen atoms in total. The molecule has 2 aromatic rings. The lowest BCUT2D eigenvalue weighted by Crippen LogP contribution is -2.45. The molecule has 0 radical (unpaired) electrons. The van der Waals surface area contributed by atoms with Crippen molar-refractivity contribution in [3.8, 4) is 0 Å². The van der Waals surface area contributed by atoms with Gasteiger partial charge in [-0.05, 0) is 28.7 Å². The molecule has 5 heteroatoms. The van der Waals surface area contributed by atoms with E-state index in [1.807, 2.05) is 24.3 Å². The van der Waals surface area contributed by atoms with Crippen molar-refractivity contribution in [2.45, 2.75) is 38.6 Å². The highest BCUT2D eigenvalue weighted by Gasteiger charge is 2.21. The Morgan fingerprint density at radius 2 is 1.68 bits per heavy atom. The number of nitrogens with one attached hydrogen (secondary N) is 1. The van der Waals surface area contributed by atoms with E-state index in [1.165, 1.54) is 5.56 Å². The molecule has 0 saturated carbocycles. The molecule has 0 saturated heterocycles. The Labute approximate surface area is 153 Å². The van der Waals surface area contributed by atoms with Gasteiger partial charge in [-0.2, -0.15) is 0 Å². The van der Waals surface area contributed by atoms with Crippen molar-refractivity contribution >= 4 is 23.4 Å². The van der Waals surface area contributed by atoms with Crippen LogP contribution in [0.25, 0.3) is 0 Å². The molecule has 0 heterocycles. The molecule has 0 bridgehead atoms. The van der Waals surface area contributed by atoms with Crippen LogP contribution in [-0.4, -0.2) is 17.9 Å². The van der Waals surface area contributed by atoms with Crippen LogP contribution in [0.3, 0.4) is 0 Å². The van der Waals surface area contributed by atoms with E-state index in [0.29, 0.717) is 17.0 Å². The van der Waals surface area contributed by atoms with Crippen LogP contribution in [0.15, 0.2) is 48.5 Å². The van der Waals surface area contributed by atoms with Gasteiger partial charge in [0.2, 0.25) is 5.91 Å². The first-order chi connectivity index (χ1) is 11.7. The van der Waals surface area contributed by atoms with Crippen molar-refractivity contribution in [3.05, 3.63) is 70.2 Å². The number of nitrogens with two attached hydrogens (primary N) is 1. The molecule has 0 unspecified atom stereocenters. The van der Waals surface area contributed by atoms with Crippen LogP contribution in [0.1, 0.15) is 42.3 Å². The number of halogens is 1. The maximum Gasteiger partial charge on any atom is 0.253 e. The number of rotatable bonds is 5. The van der Waals surface area contributed by atoms with Gasteiger partial charge in [0.05, 0.1) is 10.6 Å². The van der Waals surface area contributed by atoms with E-state index in [9.17, 15) is 9.59 Å². The number of benzene rings is 2. The van der Waals surface area contributed by atoms with Gasteiger partial charge in [-0.1, -0.05) is 68.8 Å². The molecule has 2 amide bonds. The van der Waals surface area contributed by atoms with E-state index in [0.717, 1.165) is 5.56 Å². The van der Waals surface area contributed by atoms with Gasteiger partial charge in [0, 0.05) is 6.42 Å². The van der Waals surface area contributed by atoms with Crippen LogP contribution in [0.2, 0.25) is 5.02 Å². The fourth-order valence-corrected chi connectivity index (χ4v) is 2.70. The topological polar surface area (TPSA) is 72.2 Å². The van der Waals surface area contributed by atoms with Gasteiger partial charge in [-0.15, -0.1) is 0 Å². The lowest BCUT2D eigenvalue weighted by Gasteiger charge is -2.20. The summed E-state index contributed by atoms with van der Waals surface area (Å²) in [5, 5.41) is 3.00. The van der Waals surface area contributed by atoms with E-state index < -0.39 is 17.9 Å². The minimum absolute atomic E-state index is 0.0554. The van der Waals surface area contributed by atoms with E-state index in [2.05, 4.69) is 26.1 Å². The lowest BCUT2D eigenvalue weighted by atomic mass is 9.86. The Morgan fingerprint density at radius 1 is 1.08 bits per heavy atom. The van der Waals surface area contributed by atoms with Crippen LogP contribution >= 0.6 is 11.6 Å². The molecule has 0 aliphatic carbocycles. The number of hydrogen-bond acceptors (Lipinski definition) is 2. The van der Waals surface area contributed by atoms with Gasteiger partial charge in [-0.25, -0.2) is 0 Å². The van der Waals surface area contributed by atoms with Crippen LogP contribution < -0.4 is 11.1 Å². The minimum Gasteiger partial charge on any atom is -0.368 e. The van der Waals surface area contributed by atoms with Crippen molar-refractivity contribution in [3.63, 3.8) is 0 Å². The van der Waals surface area contributed by atoms with Crippen LogP contribution in [0.4, 0.5) is 0 Å². The number of carbonyl (C=O) groups excluding carboxylic acids is 2. The normalized spacial score (nSPS) is 12.5. The Kier molecular flexibility index (Phi) is 5.85. The van der Waals surface area contributed by atoms with Gasteiger partial charge >= 0.3 is 0 Å². The van der Waals surface area contributed by atoms with E-state index in [4.69, 9.17) is 17.3 Å². The first kappa shape index (κ1) is 19.0. The summed E-state index contributed by atoms with van der Waals surface area (Å²) < 4.78 is 0. The number of primary amides is 1. The quantitative estimate of drug-likeness (QED) is 0.859. The summed E-state index contributed by atoms with van der Waals surface area (Å²) in [5.41, 5.74) is 7.96. The Hall–Kier alpha value is -2.33. The van der Waals surface area contributed by atoms with Crippen LogP contribution in [0, 0.1) is 0 Å². The molecule has 2 rings (SSSR count). The zero-order valence-corrected chi connectivity index (χ0v) is 15.4. The van der Waals surface area contributed by atoms with Crippen molar-refractivity contribution in [2.75, 3.05) is 0 Å². The zero-order valence-electron chi connectivity index (χ0n) is 14.7. The van der Waals surface area contributed by atoms with Crippen LogP contribution in [-0.2, 0) is 16.6 Å². The highest BCUT2D eigenvalue weighted by Crippen LogP contribution is 2.22. The van der Waals surface area contributed by atoms with E-state index in [1.54, 1.807) is 24.3 Å². The van der Waals surface area contributed by atoms with Crippen molar-refractivity contribution < 1.29 is 9.59 Å². The van der Waals surface area contributed by atoms with Crippen molar-refractivity contribution in [1.29, 1.82) is 0 Å². The molecule has 2 aromatic carbocycles. The molecule has 0 aliphatic heterocycles. The molecule has 132 valence electrons. The van der Waals surface area contributed by atoms with Gasteiger partial charge in [-0.3, -0.25) is 9.59 Å². The zero-order chi connectivity index (χ0) is 18.6. The van der Waals surface area contributed by atoms with E-state index in [-0.39, 0.29) is 5.41 Å². The van der Waals surface area contributed by atoms with Crippen molar-refractivity contribution in [2.24, 2.45) is 5.73 Å². The van der Waals surface area contributed by atoms with E-state index >= 15 is 0 Å². The Morgan fingerprint density at radius 3 is 2.20 bits per heavy atom. The summed E-state index contributed by atoms with van der Waals surface area (Å²) >= 11 is 6.03. The maximum atomic E-state index is 12.4. The number of hydrogen-bond donors (Lipinski definition) is 2. The Balaban J connectivity index is 2.12. The third-order valence-corrected chi connectivity index (χ3v) is 4.36. The molecule has 0 fully saturated rings. The predicted octanol–water partition coefficient (Wildman–Crippen LogP) is 3.46. The van der Waals surface area contributed by atoms with Gasteiger partial charge in [0.15, 0.2) is 0 Å². The first-order valence-electron chi connectivity index (χ1n) is 8.12. The minimum atomic E-state index is -0.802. The average molecular weight is 359 g/mol. The predicted molar refractivity (Wildman–Crippen MR) is 101 cm³/mol. The van der Waals surface area contributed by atoms with Crippen LogP contribution in [0.5, 0.6) is 0 Å². The van der Waals surface area contributed by atoms with Gasteiger partial charge in [0.25, 0.3) is 5.91 Å². The number of amides is 2. The molecule has 1 atom stereocenters. The highest BCUT2D eigenvalue weighted by atomic mass is 35.5. The molecule has 0 aliphatic rings. The molecular weight excluding hydrogens is 336 g/mol. The lowest BCUT2D eigenvalue weighted by molar-refractivity contribution is -0.119. The first-order valence-corrected chi connectivity index (χ1v) is 8.50. The smallest absolute Gasteiger partial charge is 0.253 e. The third kappa shape index (κ3) is 5.07. The molecule has 3 N–H and O–H groups in total. The second-order valence-corrected chi connectivity index (χ2v) is 7.47. The molecular formula is C20H23ClN2O2. The molecule has 25 heavy (non-hydrogen) atoms. The number of carbonyl (C=O) groups is 2. The second kappa shape index (κ2) is 7.70. The summed E-state index contributed by atoms with van der Waals surface area (Å²) in [6.07, 6.45) is 0.329. The standard InChI is InChI=1S/C20H23ClN2O2/c1-20(2,3)14-10-8-13(9-11-14)12-17(18(22)24)23-19(25)15-6-4-5-7-16(15)21/h4-11,17H,12H2,1-3H3,(H2,22,24)(H,23,25)/t17-/m1/s1. The summed E-state index contributed by atoms with van der Waals surface area (Å²) in [5.74, 6) is -0.999. The second-order valence-electron chi connectivity index (χ2n) is 7.06.